The molecule has 0 saturated carbocycles. The second-order valence-corrected chi connectivity index (χ2v) is 4.90. The number of allylic oxidation sites excluding steroid dienone is 1. The summed E-state index contributed by atoms with van der Waals surface area (Å²) in [5.41, 5.74) is 2.99. The van der Waals surface area contributed by atoms with Crippen molar-refractivity contribution in [1.29, 1.82) is 0 Å². The van der Waals surface area contributed by atoms with E-state index in [1.54, 1.807) is 31.4 Å². The first-order chi connectivity index (χ1) is 10.0. The average molecular weight is 282 g/mol. The van der Waals surface area contributed by atoms with Crippen LogP contribution in [0, 0.1) is 13.8 Å². The SMILES string of the molecule is COc1ccccc1C(=O)/C=C/c1cc(C)c(O)c(C)c1. The van der Waals surface area contributed by atoms with Crippen LogP contribution in [0.1, 0.15) is 27.0 Å². The van der Waals surface area contributed by atoms with Gasteiger partial charge in [-0.05, 0) is 60.9 Å². The smallest absolute Gasteiger partial charge is 0.189 e. The molecule has 0 unspecified atom stereocenters. The summed E-state index contributed by atoms with van der Waals surface area (Å²) in [6, 6.07) is 10.8. The molecule has 0 aromatic heterocycles. The minimum absolute atomic E-state index is 0.115. The molecule has 2 rings (SSSR count). The Hall–Kier alpha value is -2.55. The van der Waals surface area contributed by atoms with Crippen LogP contribution in [-0.4, -0.2) is 18.0 Å². The van der Waals surface area contributed by atoms with Gasteiger partial charge in [-0.15, -0.1) is 0 Å². The first-order valence-corrected chi connectivity index (χ1v) is 6.68. The van der Waals surface area contributed by atoms with Gasteiger partial charge in [0.15, 0.2) is 5.78 Å². The molecule has 2 aromatic rings. The van der Waals surface area contributed by atoms with Crippen molar-refractivity contribution in [2.24, 2.45) is 0 Å². The highest BCUT2D eigenvalue weighted by atomic mass is 16.5. The number of carbonyl (C=O) groups excluding carboxylic acids is 1. The number of aryl methyl sites for hydroxylation is 2. The first-order valence-electron chi connectivity index (χ1n) is 6.68. The second kappa shape index (κ2) is 6.27. The minimum Gasteiger partial charge on any atom is -0.507 e. The van der Waals surface area contributed by atoms with Gasteiger partial charge in [-0.3, -0.25) is 4.79 Å². The Labute approximate surface area is 124 Å². The summed E-state index contributed by atoms with van der Waals surface area (Å²) < 4.78 is 5.18. The van der Waals surface area contributed by atoms with Crippen molar-refractivity contribution in [2.45, 2.75) is 13.8 Å². The van der Waals surface area contributed by atoms with E-state index in [1.165, 1.54) is 6.08 Å². The van der Waals surface area contributed by atoms with Gasteiger partial charge in [0, 0.05) is 0 Å². The number of ether oxygens (including phenoxy) is 1. The molecule has 0 spiro atoms. The monoisotopic (exact) mass is 282 g/mol. The fraction of sp³-hybridized carbons (Fsp3) is 0.167. The molecule has 0 atom stereocenters. The maximum atomic E-state index is 12.2. The van der Waals surface area contributed by atoms with Crippen LogP contribution in [0.2, 0.25) is 0 Å². The Morgan fingerprint density at radius 3 is 2.38 bits per heavy atom. The van der Waals surface area contributed by atoms with E-state index in [-0.39, 0.29) is 5.78 Å². The van der Waals surface area contributed by atoms with Crippen molar-refractivity contribution in [3.63, 3.8) is 0 Å². The molecule has 0 radical (unpaired) electrons. The number of rotatable bonds is 4. The predicted molar refractivity (Wildman–Crippen MR) is 83.9 cm³/mol. The number of carbonyl (C=O) groups is 1. The molecule has 1 N–H and O–H groups in total. The van der Waals surface area contributed by atoms with E-state index in [9.17, 15) is 9.90 Å². The summed E-state index contributed by atoms with van der Waals surface area (Å²) in [5.74, 6) is 0.740. The first kappa shape index (κ1) is 14.9. The Bertz CT molecular complexity index is 676. The van der Waals surface area contributed by atoms with E-state index in [0.717, 1.165) is 16.7 Å². The van der Waals surface area contributed by atoms with E-state index in [4.69, 9.17) is 4.74 Å². The van der Waals surface area contributed by atoms with Gasteiger partial charge in [0.25, 0.3) is 0 Å². The highest BCUT2D eigenvalue weighted by Crippen LogP contribution is 2.24. The fourth-order valence-electron chi connectivity index (χ4n) is 2.20. The zero-order chi connectivity index (χ0) is 15.4. The van der Waals surface area contributed by atoms with Gasteiger partial charge in [-0.1, -0.05) is 18.2 Å². The third-order valence-electron chi connectivity index (χ3n) is 3.31. The number of ketones is 1. The third kappa shape index (κ3) is 3.31. The number of phenols is 1. The van der Waals surface area contributed by atoms with Crippen molar-refractivity contribution < 1.29 is 14.6 Å². The summed E-state index contributed by atoms with van der Waals surface area (Å²) in [4.78, 5) is 12.2. The highest BCUT2D eigenvalue weighted by molar-refractivity contribution is 6.08. The quantitative estimate of drug-likeness (QED) is 0.683. The lowest BCUT2D eigenvalue weighted by molar-refractivity contribution is 0.104. The largest absolute Gasteiger partial charge is 0.507 e. The van der Waals surface area contributed by atoms with Gasteiger partial charge < -0.3 is 9.84 Å². The zero-order valence-electron chi connectivity index (χ0n) is 12.4. The van der Waals surface area contributed by atoms with Crippen LogP contribution in [-0.2, 0) is 0 Å². The predicted octanol–water partition coefficient (Wildman–Crippen LogP) is 3.91. The molecular weight excluding hydrogens is 264 g/mol. The molecule has 3 heteroatoms. The summed E-state index contributed by atoms with van der Waals surface area (Å²) in [5, 5.41) is 9.75. The summed E-state index contributed by atoms with van der Waals surface area (Å²) >= 11 is 0. The van der Waals surface area contributed by atoms with Crippen LogP contribution in [0.3, 0.4) is 0 Å². The van der Waals surface area contributed by atoms with Crippen molar-refractivity contribution in [2.75, 3.05) is 7.11 Å². The van der Waals surface area contributed by atoms with E-state index in [2.05, 4.69) is 0 Å². The van der Waals surface area contributed by atoms with Gasteiger partial charge in [0.05, 0.1) is 12.7 Å². The van der Waals surface area contributed by atoms with Gasteiger partial charge >= 0.3 is 0 Å². The van der Waals surface area contributed by atoms with E-state index < -0.39 is 0 Å². The maximum Gasteiger partial charge on any atom is 0.189 e. The van der Waals surface area contributed by atoms with Gasteiger partial charge in [-0.2, -0.15) is 0 Å². The number of methoxy groups -OCH3 is 1. The molecule has 0 aliphatic heterocycles. The second-order valence-electron chi connectivity index (χ2n) is 4.90. The topological polar surface area (TPSA) is 46.5 Å². The zero-order valence-corrected chi connectivity index (χ0v) is 12.4. The Morgan fingerprint density at radius 2 is 1.76 bits per heavy atom. The third-order valence-corrected chi connectivity index (χ3v) is 3.31. The number of para-hydroxylation sites is 1. The molecule has 3 nitrogen and oxygen atoms in total. The average Bonchev–Trinajstić information content (AvgIpc) is 2.50. The lowest BCUT2D eigenvalue weighted by Crippen LogP contribution is -1.98. The Balaban J connectivity index is 2.27. The van der Waals surface area contributed by atoms with Gasteiger partial charge in [-0.25, -0.2) is 0 Å². The van der Waals surface area contributed by atoms with E-state index >= 15 is 0 Å². The lowest BCUT2D eigenvalue weighted by Gasteiger charge is -2.06. The minimum atomic E-state index is -0.115. The molecule has 0 aliphatic rings. The molecule has 0 fully saturated rings. The standard InChI is InChI=1S/C18H18O3/c1-12-10-14(11-13(2)18(12)20)8-9-16(19)15-6-4-5-7-17(15)21-3/h4-11,20H,1-3H3/b9-8+. The fourth-order valence-corrected chi connectivity index (χ4v) is 2.20. The number of hydrogen-bond donors (Lipinski definition) is 1. The van der Waals surface area contributed by atoms with Crippen LogP contribution in [0.5, 0.6) is 11.5 Å². The van der Waals surface area contributed by atoms with Crippen molar-refractivity contribution >= 4 is 11.9 Å². The molecule has 0 saturated heterocycles. The summed E-state index contributed by atoms with van der Waals surface area (Å²) in [6.45, 7) is 3.67. The van der Waals surface area contributed by atoms with E-state index in [0.29, 0.717) is 17.1 Å². The van der Waals surface area contributed by atoms with Crippen molar-refractivity contribution in [3.05, 3.63) is 64.7 Å². The number of hydrogen-bond acceptors (Lipinski definition) is 3. The highest BCUT2D eigenvalue weighted by Gasteiger charge is 2.08. The van der Waals surface area contributed by atoms with Crippen LogP contribution in [0.4, 0.5) is 0 Å². The van der Waals surface area contributed by atoms with Crippen LogP contribution < -0.4 is 4.74 Å². The van der Waals surface area contributed by atoms with Crippen LogP contribution in [0.15, 0.2) is 42.5 Å². The molecule has 0 bridgehead atoms. The number of phenolic OH excluding ortho intramolecular Hbond substituents is 1. The van der Waals surface area contributed by atoms with Crippen LogP contribution in [0.25, 0.3) is 6.08 Å². The summed E-state index contributed by atoms with van der Waals surface area (Å²) in [6.07, 6.45) is 3.26. The lowest BCUT2D eigenvalue weighted by atomic mass is 10.0. The van der Waals surface area contributed by atoms with Gasteiger partial charge in [0.1, 0.15) is 11.5 Å². The maximum absolute atomic E-state index is 12.2. The molecule has 0 heterocycles. The van der Waals surface area contributed by atoms with Crippen LogP contribution >= 0.6 is 0 Å². The molecule has 2 aromatic carbocycles. The molecular formula is C18H18O3. The van der Waals surface area contributed by atoms with E-state index in [1.807, 2.05) is 32.0 Å². The molecule has 0 aliphatic carbocycles. The van der Waals surface area contributed by atoms with Gasteiger partial charge in [0.2, 0.25) is 0 Å². The summed E-state index contributed by atoms with van der Waals surface area (Å²) in [7, 11) is 1.54. The van der Waals surface area contributed by atoms with Crippen molar-refractivity contribution in [1.82, 2.24) is 0 Å². The van der Waals surface area contributed by atoms with Crippen molar-refractivity contribution in [3.8, 4) is 11.5 Å². The Morgan fingerprint density at radius 1 is 1.14 bits per heavy atom. The molecule has 21 heavy (non-hydrogen) atoms. The number of aromatic hydroxyl groups is 1. The number of benzene rings is 2. The molecule has 108 valence electrons. The normalized spacial score (nSPS) is 10.8. The Kier molecular flexibility index (Phi) is 4.43. The molecule has 0 amide bonds.